The van der Waals surface area contributed by atoms with Crippen LogP contribution in [0.5, 0.6) is 0 Å². The maximum absolute atomic E-state index is 13.1. The highest BCUT2D eigenvalue weighted by atomic mass is 35.5. The van der Waals surface area contributed by atoms with Crippen molar-refractivity contribution in [1.82, 2.24) is 9.78 Å². The molecule has 0 bridgehead atoms. The molecular weight excluding hydrogens is 406 g/mol. The summed E-state index contributed by atoms with van der Waals surface area (Å²) < 4.78 is 1.27. The van der Waals surface area contributed by atoms with Gasteiger partial charge in [-0.25, -0.2) is 4.68 Å². The van der Waals surface area contributed by atoms with E-state index >= 15 is 0 Å². The van der Waals surface area contributed by atoms with Crippen molar-refractivity contribution in [3.05, 3.63) is 104 Å². The Labute approximate surface area is 175 Å². The topological polar surface area (TPSA) is 106 Å². The molecular formula is C21H14ClN5O3. The minimum atomic E-state index is -0.500. The number of nitrogens with zero attached hydrogens (tertiary/aromatic N) is 4. The van der Waals surface area contributed by atoms with Crippen LogP contribution in [0.15, 0.2) is 93.9 Å². The number of nitrogens with one attached hydrogen (secondary N) is 1. The molecule has 0 amide bonds. The minimum absolute atomic E-state index is 0.0692. The number of H-pyrrole nitrogens is 1. The monoisotopic (exact) mass is 419 g/mol. The van der Waals surface area contributed by atoms with E-state index in [9.17, 15) is 14.9 Å². The van der Waals surface area contributed by atoms with Gasteiger partial charge in [-0.05, 0) is 24.3 Å². The van der Waals surface area contributed by atoms with E-state index in [1.54, 1.807) is 24.3 Å². The van der Waals surface area contributed by atoms with Gasteiger partial charge in [-0.3, -0.25) is 20.0 Å². The fourth-order valence-corrected chi connectivity index (χ4v) is 3.04. The van der Waals surface area contributed by atoms with Gasteiger partial charge in [0.25, 0.3) is 11.2 Å². The number of benzene rings is 3. The largest absolute Gasteiger partial charge is 0.299 e. The summed E-state index contributed by atoms with van der Waals surface area (Å²) in [6.45, 7) is 0. The lowest BCUT2D eigenvalue weighted by atomic mass is 10.1. The zero-order valence-electron chi connectivity index (χ0n) is 15.4. The van der Waals surface area contributed by atoms with Crippen LogP contribution < -0.4 is 5.56 Å². The van der Waals surface area contributed by atoms with Crippen LogP contribution in [0.25, 0.3) is 16.9 Å². The molecule has 148 valence electrons. The Balaban J connectivity index is 1.85. The third-order valence-corrected chi connectivity index (χ3v) is 4.68. The molecule has 0 fully saturated rings. The van der Waals surface area contributed by atoms with Gasteiger partial charge in [-0.1, -0.05) is 54.1 Å². The highest BCUT2D eigenvalue weighted by Crippen LogP contribution is 2.30. The number of aromatic nitrogens is 2. The lowest BCUT2D eigenvalue weighted by Crippen LogP contribution is -2.13. The molecule has 9 heteroatoms. The number of aromatic amines is 1. The van der Waals surface area contributed by atoms with Crippen LogP contribution in [-0.2, 0) is 0 Å². The van der Waals surface area contributed by atoms with Crippen molar-refractivity contribution in [2.24, 2.45) is 10.2 Å². The van der Waals surface area contributed by atoms with Crippen molar-refractivity contribution in [2.45, 2.75) is 0 Å². The second-order valence-corrected chi connectivity index (χ2v) is 6.67. The van der Waals surface area contributed by atoms with Crippen LogP contribution >= 0.6 is 11.6 Å². The number of hydrogen-bond acceptors (Lipinski definition) is 5. The van der Waals surface area contributed by atoms with E-state index in [1.807, 2.05) is 30.3 Å². The molecule has 0 aliphatic carbocycles. The van der Waals surface area contributed by atoms with Crippen molar-refractivity contribution in [3.63, 3.8) is 0 Å². The van der Waals surface area contributed by atoms with Crippen LogP contribution in [0.3, 0.4) is 0 Å². The second kappa shape index (κ2) is 8.14. The summed E-state index contributed by atoms with van der Waals surface area (Å²) in [5.74, 6) is 0. The standard InChI is InChI=1S/C21H14ClN5O3/c22-17-8-4-5-9-18(17)23-24-20-19(14-6-2-1-3-7-14)25-26(21(20)28)15-10-12-16(13-11-15)27(29)30/h1-13,25H. The Hall–Kier alpha value is -4.04. The summed E-state index contributed by atoms with van der Waals surface area (Å²) in [5, 5.41) is 22.6. The van der Waals surface area contributed by atoms with E-state index in [2.05, 4.69) is 15.3 Å². The number of non-ortho nitro benzene ring substituents is 1. The van der Waals surface area contributed by atoms with Gasteiger partial charge in [0.05, 0.1) is 21.3 Å². The van der Waals surface area contributed by atoms with Gasteiger partial charge in [0, 0.05) is 17.7 Å². The quantitative estimate of drug-likeness (QED) is 0.250. The molecule has 0 spiro atoms. The molecule has 0 aliphatic heterocycles. The van der Waals surface area contributed by atoms with E-state index in [0.29, 0.717) is 22.1 Å². The lowest BCUT2D eigenvalue weighted by molar-refractivity contribution is -0.384. The molecule has 1 N–H and O–H groups in total. The van der Waals surface area contributed by atoms with Crippen LogP contribution in [0.2, 0.25) is 5.02 Å². The minimum Gasteiger partial charge on any atom is -0.288 e. The highest BCUT2D eigenvalue weighted by Gasteiger charge is 2.17. The van der Waals surface area contributed by atoms with Gasteiger partial charge >= 0.3 is 0 Å². The van der Waals surface area contributed by atoms with Crippen molar-refractivity contribution in [2.75, 3.05) is 0 Å². The third kappa shape index (κ3) is 3.76. The molecule has 1 aromatic heterocycles. The Morgan fingerprint density at radius 3 is 2.23 bits per heavy atom. The number of nitro groups is 1. The van der Waals surface area contributed by atoms with E-state index in [0.717, 1.165) is 5.56 Å². The van der Waals surface area contributed by atoms with Crippen molar-refractivity contribution >= 4 is 28.7 Å². The number of azo groups is 1. The molecule has 0 atom stereocenters. The number of rotatable bonds is 5. The van der Waals surface area contributed by atoms with Crippen molar-refractivity contribution < 1.29 is 4.92 Å². The molecule has 3 aromatic carbocycles. The molecule has 0 saturated carbocycles. The van der Waals surface area contributed by atoms with E-state index in [1.165, 1.54) is 28.9 Å². The SMILES string of the molecule is O=c1c(N=Nc2ccccc2Cl)c(-c2ccccc2)[nH]n1-c1ccc([N+](=O)[O-])cc1. The Kier molecular flexibility index (Phi) is 5.23. The zero-order chi connectivity index (χ0) is 21.1. The fraction of sp³-hybridized carbons (Fsp3) is 0. The molecule has 4 rings (SSSR count). The fourth-order valence-electron chi connectivity index (χ4n) is 2.87. The molecule has 4 aromatic rings. The molecule has 0 aliphatic rings. The zero-order valence-corrected chi connectivity index (χ0v) is 16.2. The lowest BCUT2D eigenvalue weighted by Gasteiger charge is -2.01. The summed E-state index contributed by atoms with van der Waals surface area (Å²) in [4.78, 5) is 23.5. The molecule has 1 heterocycles. The predicted molar refractivity (Wildman–Crippen MR) is 114 cm³/mol. The first-order chi connectivity index (χ1) is 14.5. The van der Waals surface area contributed by atoms with Gasteiger partial charge in [-0.15, -0.1) is 10.2 Å². The molecule has 0 saturated heterocycles. The van der Waals surface area contributed by atoms with Crippen LogP contribution in [-0.4, -0.2) is 14.7 Å². The molecule has 0 unspecified atom stereocenters. The average Bonchev–Trinajstić information content (AvgIpc) is 3.10. The third-order valence-electron chi connectivity index (χ3n) is 4.36. The Morgan fingerprint density at radius 2 is 1.57 bits per heavy atom. The summed E-state index contributed by atoms with van der Waals surface area (Å²) in [7, 11) is 0. The van der Waals surface area contributed by atoms with E-state index < -0.39 is 10.5 Å². The first-order valence-electron chi connectivity index (χ1n) is 8.86. The molecule has 30 heavy (non-hydrogen) atoms. The first kappa shape index (κ1) is 19.3. The number of nitro benzene ring substituents is 1. The van der Waals surface area contributed by atoms with Gasteiger partial charge < -0.3 is 0 Å². The van der Waals surface area contributed by atoms with Crippen LogP contribution in [0.1, 0.15) is 0 Å². The van der Waals surface area contributed by atoms with Crippen LogP contribution in [0.4, 0.5) is 17.1 Å². The van der Waals surface area contributed by atoms with E-state index in [4.69, 9.17) is 11.6 Å². The number of halogens is 1. The van der Waals surface area contributed by atoms with Crippen LogP contribution in [0, 0.1) is 10.1 Å². The van der Waals surface area contributed by atoms with E-state index in [-0.39, 0.29) is 11.4 Å². The summed E-state index contributed by atoms with van der Waals surface area (Å²) in [6.07, 6.45) is 0. The Bertz CT molecular complexity index is 1290. The van der Waals surface area contributed by atoms with Crippen molar-refractivity contribution in [1.29, 1.82) is 0 Å². The van der Waals surface area contributed by atoms with Gasteiger partial charge in [0.2, 0.25) is 0 Å². The molecule has 8 nitrogen and oxygen atoms in total. The summed E-state index contributed by atoms with van der Waals surface area (Å²) in [5.41, 5.74) is 1.65. The maximum Gasteiger partial charge on any atom is 0.299 e. The smallest absolute Gasteiger partial charge is 0.288 e. The highest BCUT2D eigenvalue weighted by molar-refractivity contribution is 6.32. The molecule has 0 radical (unpaired) electrons. The second-order valence-electron chi connectivity index (χ2n) is 6.27. The first-order valence-corrected chi connectivity index (χ1v) is 9.24. The van der Waals surface area contributed by atoms with Gasteiger partial charge in [0.1, 0.15) is 5.69 Å². The van der Waals surface area contributed by atoms with Gasteiger partial charge in [0.15, 0.2) is 5.69 Å². The average molecular weight is 420 g/mol. The Morgan fingerprint density at radius 1 is 0.900 bits per heavy atom. The predicted octanol–water partition coefficient (Wildman–Crippen LogP) is 5.81. The summed E-state index contributed by atoms with van der Waals surface area (Å²) in [6, 6.07) is 21.7. The maximum atomic E-state index is 13.1. The normalized spacial score (nSPS) is 11.1. The number of hydrogen-bond donors (Lipinski definition) is 1. The van der Waals surface area contributed by atoms with Crippen molar-refractivity contribution in [3.8, 4) is 16.9 Å². The summed E-state index contributed by atoms with van der Waals surface area (Å²) >= 11 is 6.13. The van der Waals surface area contributed by atoms with Gasteiger partial charge in [-0.2, -0.15) is 0 Å².